The Labute approximate surface area is 163 Å². The Balaban J connectivity index is 1.54. The van der Waals surface area contributed by atoms with Crippen molar-refractivity contribution in [1.29, 1.82) is 0 Å². The highest BCUT2D eigenvalue weighted by molar-refractivity contribution is 6.02. The molecule has 0 aliphatic carbocycles. The highest BCUT2D eigenvalue weighted by Gasteiger charge is 2.32. The van der Waals surface area contributed by atoms with Gasteiger partial charge in [0.2, 0.25) is 17.7 Å². The number of hydrogen-bond donors (Lipinski definition) is 1. The lowest BCUT2D eigenvalue weighted by atomic mass is 10.2. The van der Waals surface area contributed by atoms with Gasteiger partial charge in [0.25, 0.3) is 0 Å². The molecule has 0 spiro atoms. The summed E-state index contributed by atoms with van der Waals surface area (Å²) in [6.07, 6.45) is 1.90. The molecule has 28 heavy (non-hydrogen) atoms. The summed E-state index contributed by atoms with van der Waals surface area (Å²) < 4.78 is 5.38. The van der Waals surface area contributed by atoms with Crippen LogP contribution in [-0.4, -0.2) is 67.3 Å². The number of ether oxygens (including phenoxy) is 1. The fourth-order valence-electron chi connectivity index (χ4n) is 3.39. The highest BCUT2D eigenvalue weighted by atomic mass is 16.5. The molecule has 2 fully saturated rings. The smallest absolute Gasteiger partial charge is 0.326 e. The molecule has 0 radical (unpaired) electrons. The second-order valence-corrected chi connectivity index (χ2v) is 6.87. The van der Waals surface area contributed by atoms with Crippen molar-refractivity contribution in [2.24, 2.45) is 0 Å². The maximum absolute atomic E-state index is 12.2. The highest BCUT2D eigenvalue weighted by Crippen LogP contribution is 2.33. The first-order valence-corrected chi connectivity index (χ1v) is 9.24. The number of methoxy groups -OCH3 is 1. The van der Waals surface area contributed by atoms with Crippen molar-refractivity contribution in [2.45, 2.75) is 25.7 Å². The van der Waals surface area contributed by atoms with Gasteiger partial charge in [-0.1, -0.05) is 0 Å². The Morgan fingerprint density at radius 2 is 2.00 bits per heavy atom. The zero-order valence-electron chi connectivity index (χ0n) is 16.1. The lowest BCUT2D eigenvalue weighted by Crippen LogP contribution is -2.32. The summed E-state index contributed by atoms with van der Waals surface area (Å²) >= 11 is 0. The van der Waals surface area contributed by atoms with Gasteiger partial charge in [-0.05, 0) is 25.0 Å². The minimum absolute atomic E-state index is 0.0618. The molecule has 0 atom stereocenters. The van der Waals surface area contributed by atoms with Crippen molar-refractivity contribution in [3.8, 4) is 5.75 Å². The molecule has 9 heteroatoms. The van der Waals surface area contributed by atoms with Gasteiger partial charge in [-0.25, -0.2) is 4.79 Å². The van der Waals surface area contributed by atoms with Crippen LogP contribution in [-0.2, 0) is 14.4 Å². The molecular weight excluding hydrogens is 364 g/mol. The molecule has 1 aromatic rings. The standard InChI is InChI=1S/C19H24N4O5/c1-21-12-18(26)23(19(21)27)10-3-5-16(24)20-13-7-8-14(15(11-13)28-2)22-9-4-6-17(22)25/h7-8,11H,3-6,9-10,12H2,1-2H3,(H,20,24). The van der Waals surface area contributed by atoms with Gasteiger partial charge in [-0.3, -0.25) is 19.3 Å². The number of carbonyl (C=O) groups is 4. The summed E-state index contributed by atoms with van der Waals surface area (Å²) in [6.45, 7) is 0.954. The van der Waals surface area contributed by atoms with E-state index in [0.29, 0.717) is 36.5 Å². The van der Waals surface area contributed by atoms with Gasteiger partial charge in [0, 0.05) is 44.7 Å². The van der Waals surface area contributed by atoms with Crippen molar-refractivity contribution >= 4 is 35.1 Å². The molecule has 0 saturated carbocycles. The zero-order valence-corrected chi connectivity index (χ0v) is 16.1. The third-order valence-corrected chi connectivity index (χ3v) is 4.84. The molecule has 0 unspecified atom stereocenters. The van der Waals surface area contributed by atoms with Crippen LogP contribution in [0.5, 0.6) is 5.75 Å². The van der Waals surface area contributed by atoms with E-state index in [4.69, 9.17) is 4.74 Å². The number of rotatable bonds is 7. The molecule has 2 saturated heterocycles. The van der Waals surface area contributed by atoms with E-state index in [-0.39, 0.29) is 43.3 Å². The van der Waals surface area contributed by atoms with Crippen molar-refractivity contribution < 1.29 is 23.9 Å². The average molecular weight is 388 g/mol. The van der Waals surface area contributed by atoms with Gasteiger partial charge >= 0.3 is 6.03 Å². The largest absolute Gasteiger partial charge is 0.494 e. The van der Waals surface area contributed by atoms with Crippen LogP contribution in [0.25, 0.3) is 0 Å². The van der Waals surface area contributed by atoms with Crippen molar-refractivity contribution in [2.75, 3.05) is 44.0 Å². The van der Waals surface area contributed by atoms with E-state index in [1.165, 1.54) is 12.0 Å². The number of likely N-dealkylation sites (N-methyl/N-ethyl adjacent to an activating group) is 1. The van der Waals surface area contributed by atoms with Crippen LogP contribution in [0.15, 0.2) is 18.2 Å². The summed E-state index contributed by atoms with van der Waals surface area (Å²) in [6, 6.07) is 4.84. The maximum atomic E-state index is 12.2. The van der Waals surface area contributed by atoms with E-state index in [1.54, 1.807) is 30.1 Å². The van der Waals surface area contributed by atoms with Gasteiger partial charge in [0.1, 0.15) is 12.3 Å². The number of carbonyl (C=O) groups excluding carboxylic acids is 4. The Morgan fingerprint density at radius 3 is 2.61 bits per heavy atom. The number of amides is 5. The summed E-state index contributed by atoms with van der Waals surface area (Å²) in [5, 5.41) is 2.78. The van der Waals surface area contributed by atoms with Gasteiger partial charge in [0.05, 0.1) is 12.8 Å². The quantitative estimate of drug-likeness (QED) is 0.713. The van der Waals surface area contributed by atoms with Gasteiger partial charge in [0.15, 0.2) is 0 Å². The number of benzene rings is 1. The van der Waals surface area contributed by atoms with E-state index in [2.05, 4.69) is 5.32 Å². The number of anilines is 2. The number of imide groups is 1. The molecule has 0 bridgehead atoms. The molecule has 2 aliphatic rings. The minimum Gasteiger partial charge on any atom is -0.494 e. The molecule has 0 aromatic heterocycles. The lowest BCUT2D eigenvalue weighted by Gasteiger charge is -2.19. The number of hydrogen-bond acceptors (Lipinski definition) is 5. The number of nitrogens with one attached hydrogen (secondary N) is 1. The van der Waals surface area contributed by atoms with E-state index in [0.717, 1.165) is 11.3 Å². The molecule has 150 valence electrons. The Bertz CT molecular complexity index is 810. The normalized spacial score (nSPS) is 16.9. The molecule has 1 N–H and O–H groups in total. The van der Waals surface area contributed by atoms with E-state index in [9.17, 15) is 19.2 Å². The predicted octanol–water partition coefficient (Wildman–Crippen LogP) is 1.43. The van der Waals surface area contributed by atoms with Crippen LogP contribution in [0.1, 0.15) is 25.7 Å². The van der Waals surface area contributed by atoms with Crippen LogP contribution in [0, 0.1) is 0 Å². The molecule has 2 heterocycles. The number of urea groups is 1. The van der Waals surface area contributed by atoms with Crippen molar-refractivity contribution in [3.63, 3.8) is 0 Å². The van der Waals surface area contributed by atoms with Gasteiger partial charge < -0.3 is 19.9 Å². The van der Waals surface area contributed by atoms with Crippen molar-refractivity contribution in [3.05, 3.63) is 18.2 Å². The van der Waals surface area contributed by atoms with E-state index < -0.39 is 0 Å². The maximum Gasteiger partial charge on any atom is 0.326 e. The topological polar surface area (TPSA) is 99.3 Å². The third kappa shape index (κ3) is 4.08. The molecule has 3 rings (SSSR count). The summed E-state index contributed by atoms with van der Waals surface area (Å²) in [5.41, 5.74) is 1.25. The molecule has 2 aliphatic heterocycles. The first-order chi connectivity index (χ1) is 13.4. The Hall–Kier alpha value is -3.10. The first kappa shape index (κ1) is 19.7. The fraction of sp³-hybridized carbons (Fsp3) is 0.474. The zero-order chi connectivity index (χ0) is 20.3. The van der Waals surface area contributed by atoms with Crippen LogP contribution in [0.3, 0.4) is 0 Å². The number of nitrogens with zero attached hydrogens (tertiary/aromatic N) is 3. The van der Waals surface area contributed by atoms with Gasteiger partial charge in [-0.15, -0.1) is 0 Å². The second kappa shape index (κ2) is 8.28. The summed E-state index contributed by atoms with van der Waals surface area (Å²) in [4.78, 5) is 51.9. The molecular formula is C19H24N4O5. The minimum atomic E-state index is -0.331. The van der Waals surface area contributed by atoms with Crippen LogP contribution < -0.4 is 15.0 Å². The second-order valence-electron chi connectivity index (χ2n) is 6.87. The Kier molecular flexibility index (Phi) is 5.81. The fourth-order valence-corrected chi connectivity index (χ4v) is 3.39. The summed E-state index contributed by atoms with van der Waals surface area (Å²) in [7, 11) is 3.09. The predicted molar refractivity (Wildman–Crippen MR) is 102 cm³/mol. The van der Waals surface area contributed by atoms with Crippen molar-refractivity contribution in [1.82, 2.24) is 9.80 Å². The van der Waals surface area contributed by atoms with E-state index >= 15 is 0 Å². The monoisotopic (exact) mass is 388 g/mol. The lowest BCUT2D eigenvalue weighted by molar-refractivity contribution is -0.125. The van der Waals surface area contributed by atoms with Crippen LogP contribution in [0.4, 0.5) is 16.2 Å². The third-order valence-electron chi connectivity index (χ3n) is 4.84. The average Bonchev–Trinajstić information content (AvgIpc) is 3.19. The molecule has 5 amide bonds. The molecule has 9 nitrogen and oxygen atoms in total. The van der Waals surface area contributed by atoms with E-state index in [1.807, 2.05) is 0 Å². The first-order valence-electron chi connectivity index (χ1n) is 9.24. The van der Waals surface area contributed by atoms with Crippen LogP contribution >= 0.6 is 0 Å². The SMILES string of the molecule is COc1cc(NC(=O)CCCN2C(=O)CN(C)C2=O)ccc1N1CCCC1=O. The molecule has 1 aromatic carbocycles. The Morgan fingerprint density at radius 1 is 1.21 bits per heavy atom. The van der Waals surface area contributed by atoms with Gasteiger partial charge in [-0.2, -0.15) is 0 Å². The summed E-state index contributed by atoms with van der Waals surface area (Å²) in [5.74, 6) is 0.111. The van der Waals surface area contributed by atoms with Crippen LogP contribution in [0.2, 0.25) is 0 Å².